The van der Waals surface area contributed by atoms with Crippen LogP contribution < -0.4 is 0 Å². The van der Waals surface area contributed by atoms with Gasteiger partial charge >= 0.3 is 17.2 Å². The van der Waals surface area contributed by atoms with Gasteiger partial charge in [-0.1, -0.05) is 5.04 Å². The molecule has 0 aromatic carbocycles. The predicted molar refractivity (Wildman–Crippen MR) is 79.9 cm³/mol. The lowest BCUT2D eigenvalue weighted by Gasteiger charge is -2.55. The molecular formula is C15H20F2O7S. The Labute approximate surface area is 147 Å². The summed E-state index contributed by atoms with van der Waals surface area (Å²) in [7, 11) is 0. The van der Waals surface area contributed by atoms with Gasteiger partial charge in [0.15, 0.2) is 0 Å². The summed E-state index contributed by atoms with van der Waals surface area (Å²) in [6.45, 7) is -0.752. The number of hydrogen-bond donors (Lipinski definition) is 1. The van der Waals surface area contributed by atoms with E-state index in [9.17, 15) is 18.4 Å². The van der Waals surface area contributed by atoms with Gasteiger partial charge < -0.3 is 9.47 Å². The van der Waals surface area contributed by atoms with E-state index in [0.717, 1.165) is 19.3 Å². The highest BCUT2D eigenvalue weighted by molar-refractivity contribution is 7.96. The van der Waals surface area contributed by atoms with Gasteiger partial charge in [0.25, 0.3) is 0 Å². The Kier molecular flexibility index (Phi) is 5.52. The largest absolute Gasteiger partial charge is 0.462 e. The Morgan fingerprint density at radius 3 is 2.08 bits per heavy atom. The number of alkyl halides is 2. The van der Waals surface area contributed by atoms with E-state index in [2.05, 4.69) is 14.1 Å². The summed E-state index contributed by atoms with van der Waals surface area (Å²) in [6, 6.07) is 0. The van der Waals surface area contributed by atoms with Crippen LogP contribution >= 0.6 is 12.0 Å². The number of halogens is 2. The van der Waals surface area contributed by atoms with Crippen LogP contribution in [-0.4, -0.2) is 35.7 Å². The van der Waals surface area contributed by atoms with Crippen molar-refractivity contribution in [2.24, 2.45) is 23.2 Å². The Morgan fingerprint density at radius 1 is 1.04 bits per heavy atom. The first-order valence-corrected chi connectivity index (χ1v) is 8.97. The molecule has 4 rings (SSSR count). The Bertz CT molecular complexity index is 493. The van der Waals surface area contributed by atoms with Crippen LogP contribution in [0.4, 0.5) is 8.78 Å². The van der Waals surface area contributed by atoms with Crippen LogP contribution in [0.1, 0.15) is 38.5 Å². The molecule has 0 aromatic rings. The molecule has 142 valence electrons. The maximum atomic E-state index is 13.2. The number of hydrogen-bond acceptors (Lipinski definition) is 8. The van der Waals surface area contributed by atoms with Crippen molar-refractivity contribution in [2.45, 2.75) is 43.8 Å². The van der Waals surface area contributed by atoms with Crippen molar-refractivity contribution in [3.63, 3.8) is 0 Å². The van der Waals surface area contributed by atoms with Gasteiger partial charge in [-0.15, -0.1) is 4.33 Å². The lowest BCUT2D eigenvalue weighted by Crippen LogP contribution is -2.50. The van der Waals surface area contributed by atoms with Gasteiger partial charge in [-0.05, 0) is 56.3 Å². The molecule has 4 aliphatic rings. The lowest BCUT2D eigenvalue weighted by atomic mass is 9.49. The molecule has 0 aliphatic heterocycles. The molecule has 4 aliphatic carbocycles. The normalized spacial score (nSPS) is 33.3. The van der Waals surface area contributed by atoms with Crippen LogP contribution in [0.25, 0.3) is 0 Å². The number of rotatable bonds is 8. The van der Waals surface area contributed by atoms with Crippen LogP contribution in [-0.2, 0) is 28.4 Å². The van der Waals surface area contributed by atoms with E-state index in [4.69, 9.17) is 9.99 Å². The number of esters is 2. The second-order valence-electron chi connectivity index (χ2n) is 7.21. The third-order valence-electron chi connectivity index (χ3n) is 5.43. The highest BCUT2D eigenvalue weighted by atomic mass is 32.2. The Balaban J connectivity index is 1.42. The topological polar surface area (TPSA) is 91.3 Å². The molecule has 4 saturated carbocycles. The molecule has 4 bridgehead atoms. The summed E-state index contributed by atoms with van der Waals surface area (Å²) < 4.78 is 39.4. The molecule has 7 nitrogen and oxygen atoms in total. The third-order valence-corrected chi connectivity index (χ3v) is 5.93. The molecule has 0 aromatic heterocycles. The number of carbonyl (C=O) groups is 2. The first kappa shape index (κ1) is 18.8. The van der Waals surface area contributed by atoms with Crippen LogP contribution in [0.2, 0.25) is 0 Å². The molecule has 0 spiro atoms. The fourth-order valence-corrected chi connectivity index (χ4v) is 5.20. The fraction of sp³-hybridized carbons (Fsp3) is 0.867. The van der Waals surface area contributed by atoms with Crippen LogP contribution in [0.15, 0.2) is 0 Å². The van der Waals surface area contributed by atoms with Crippen molar-refractivity contribution >= 4 is 24.0 Å². The molecule has 0 unspecified atom stereocenters. The summed E-state index contributed by atoms with van der Waals surface area (Å²) in [6.07, 6.45) is 6.09. The summed E-state index contributed by atoms with van der Waals surface area (Å²) >= 11 is -0.698. The summed E-state index contributed by atoms with van der Waals surface area (Å²) in [5, 5.41) is 6.78. The van der Waals surface area contributed by atoms with E-state index in [-0.39, 0.29) is 12.6 Å². The summed E-state index contributed by atoms with van der Waals surface area (Å²) in [4.78, 5) is 23.7. The quantitative estimate of drug-likeness (QED) is 0.225. The van der Waals surface area contributed by atoms with Gasteiger partial charge in [0.05, 0.1) is 5.41 Å². The van der Waals surface area contributed by atoms with Crippen molar-refractivity contribution in [3.05, 3.63) is 0 Å². The van der Waals surface area contributed by atoms with E-state index in [1.54, 1.807) is 0 Å². The molecule has 1 N–H and O–H groups in total. The molecule has 0 heterocycles. The van der Waals surface area contributed by atoms with Gasteiger partial charge in [-0.3, -0.25) is 4.79 Å². The van der Waals surface area contributed by atoms with Gasteiger partial charge in [0.2, 0.25) is 0 Å². The highest BCUT2D eigenvalue weighted by Gasteiger charge is 2.55. The second-order valence-corrected chi connectivity index (χ2v) is 8.03. The number of ether oxygens (including phenoxy) is 2. The molecule has 0 saturated heterocycles. The van der Waals surface area contributed by atoms with Gasteiger partial charge in [-0.25, -0.2) is 10.1 Å². The Hall–Kier alpha value is -0.970. The van der Waals surface area contributed by atoms with Crippen LogP contribution in [0.3, 0.4) is 0 Å². The highest BCUT2D eigenvalue weighted by Crippen LogP contribution is 2.60. The molecule has 0 amide bonds. The van der Waals surface area contributed by atoms with E-state index in [1.165, 1.54) is 19.3 Å². The van der Waals surface area contributed by atoms with Crippen molar-refractivity contribution in [1.29, 1.82) is 0 Å². The minimum atomic E-state index is -4.05. The van der Waals surface area contributed by atoms with Gasteiger partial charge in [0, 0.05) is 0 Å². The summed E-state index contributed by atoms with van der Waals surface area (Å²) in [5.41, 5.74) is -0.440. The van der Waals surface area contributed by atoms with Crippen molar-refractivity contribution in [2.75, 3.05) is 13.2 Å². The van der Waals surface area contributed by atoms with Crippen LogP contribution in [0.5, 0.6) is 0 Å². The molecule has 25 heavy (non-hydrogen) atoms. The Morgan fingerprint density at radius 2 is 1.56 bits per heavy atom. The zero-order valence-corrected chi connectivity index (χ0v) is 14.3. The van der Waals surface area contributed by atoms with E-state index in [0.29, 0.717) is 17.8 Å². The van der Waals surface area contributed by atoms with E-state index >= 15 is 0 Å². The molecule has 4 fully saturated rings. The second kappa shape index (κ2) is 7.34. The molecule has 0 radical (unpaired) electrons. The van der Waals surface area contributed by atoms with E-state index in [1.807, 2.05) is 0 Å². The average molecular weight is 382 g/mol. The zero-order chi connectivity index (χ0) is 18.1. The van der Waals surface area contributed by atoms with Crippen LogP contribution in [0, 0.1) is 23.2 Å². The maximum absolute atomic E-state index is 13.2. The first-order chi connectivity index (χ1) is 11.8. The molecular weight excluding hydrogens is 362 g/mol. The minimum Gasteiger partial charge on any atom is -0.462 e. The van der Waals surface area contributed by atoms with Gasteiger partial charge in [-0.2, -0.15) is 8.78 Å². The average Bonchev–Trinajstić information content (AvgIpc) is 2.55. The maximum Gasteiger partial charge on any atom is 0.415 e. The smallest absolute Gasteiger partial charge is 0.415 e. The van der Waals surface area contributed by atoms with E-state index < -0.39 is 35.3 Å². The molecule has 10 heteroatoms. The van der Waals surface area contributed by atoms with Crippen molar-refractivity contribution < 1.29 is 42.5 Å². The van der Waals surface area contributed by atoms with Crippen molar-refractivity contribution in [3.8, 4) is 0 Å². The number of carbonyl (C=O) groups excluding carboxylic acids is 2. The fourth-order valence-electron chi connectivity index (χ4n) is 4.96. The van der Waals surface area contributed by atoms with Gasteiger partial charge in [0.1, 0.15) is 25.3 Å². The third kappa shape index (κ3) is 4.07. The minimum absolute atomic E-state index is 0.273. The predicted octanol–water partition coefficient (Wildman–Crippen LogP) is 2.95. The standard InChI is InChI=1S/C15H20F2O7S/c16-15(17,25-24-23-20)13(19)22-2-1-21-12(18)14-6-9-3-10(7-14)5-11(4-9)8-14/h9-11,20H,1-8H2. The first-order valence-electron chi connectivity index (χ1n) is 8.23. The molecule has 0 atom stereocenters. The zero-order valence-electron chi connectivity index (χ0n) is 13.4. The lowest BCUT2D eigenvalue weighted by molar-refractivity contribution is -0.433. The van der Waals surface area contributed by atoms with Crippen molar-refractivity contribution in [1.82, 2.24) is 0 Å². The summed E-state index contributed by atoms with van der Waals surface area (Å²) in [5.74, 6) is -0.426. The SMILES string of the molecule is O=C(OCCOC(=O)C(F)(F)SOOO)C12CC3CC(CC(C3)C1)C2. The monoisotopic (exact) mass is 382 g/mol.